The second-order valence-electron chi connectivity index (χ2n) is 9.66. The average Bonchev–Trinajstić information content (AvgIpc) is 3.10. The van der Waals surface area contributed by atoms with Gasteiger partial charge in [0.15, 0.2) is 0 Å². The molecule has 0 atom stereocenters. The number of rotatable bonds is 7. The van der Waals surface area contributed by atoms with Crippen LogP contribution in [0.15, 0.2) is 84.9 Å². The van der Waals surface area contributed by atoms with E-state index < -0.39 is 0 Å². The first-order valence-corrected chi connectivity index (χ1v) is 13.3. The molecule has 0 radical (unpaired) electrons. The Labute approximate surface area is 254 Å². The van der Waals surface area contributed by atoms with Crippen LogP contribution in [0.25, 0.3) is 44.8 Å². The molecule has 1 aromatic heterocycles. The monoisotopic (exact) mass is 573 g/mol. The van der Waals surface area contributed by atoms with E-state index in [0.717, 1.165) is 11.1 Å². The highest BCUT2D eigenvalue weighted by atomic mass is 16.5. The Kier molecular flexibility index (Phi) is 8.21. The first kappa shape index (κ1) is 28.9. The molecule has 0 amide bonds. The molecular weight excluding hydrogens is 550 g/mol. The predicted octanol–water partition coefficient (Wildman–Crippen LogP) is 7.26. The molecule has 0 saturated heterocycles. The molecule has 1 heterocycles. The first-order chi connectivity index (χ1) is 21.4. The minimum atomic E-state index is 0.289. The van der Waals surface area contributed by atoms with Crippen LogP contribution in [-0.2, 0) is 0 Å². The van der Waals surface area contributed by atoms with Crippen LogP contribution >= 0.6 is 0 Å². The summed E-state index contributed by atoms with van der Waals surface area (Å²) in [6.45, 7) is 0. The zero-order valence-electron chi connectivity index (χ0n) is 24.0. The van der Waals surface area contributed by atoms with Crippen molar-refractivity contribution in [1.82, 2.24) is 4.98 Å². The minimum Gasteiger partial charge on any atom is -0.497 e. The van der Waals surface area contributed by atoms with Gasteiger partial charge in [0.05, 0.1) is 79.2 Å². The highest BCUT2D eigenvalue weighted by molar-refractivity contribution is 5.92. The standard InChI is InChI=1S/C36H23N5O3/c1-42-30-6-4-5-26(13-30)33-17-34(27-9-22(18-37)7-23(10-27)19-38)35(28-11-24(20-39)8-25(12-28)21-40)41-36(33)29-14-31(43-2)16-32(15-29)44-3/h4-17H,1-3H3. The third kappa shape index (κ3) is 5.74. The van der Waals surface area contributed by atoms with Gasteiger partial charge in [0.2, 0.25) is 0 Å². The van der Waals surface area contributed by atoms with Crippen molar-refractivity contribution in [2.75, 3.05) is 21.3 Å². The zero-order chi connectivity index (χ0) is 31.2. The van der Waals surface area contributed by atoms with Crippen LogP contribution in [0.5, 0.6) is 17.2 Å². The van der Waals surface area contributed by atoms with E-state index >= 15 is 0 Å². The quantitative estimate of drug-likeness (QED) is 0.198. The van der Waals surface area contributed by atoms with E-state index in [1.54, 1.807) is 51.7 Å². The molecule has 0 unspecified atom stereocenters. The Morgan fingerprint density at radius 2 is 0.886 bits per heavy atom. The highest BCUT2D eigenvalue weighted by Crippen LogP contribution is 2.42. The molecular formula is C36H23N5O3. The van der Waals surface area contributed by atoms with Crippen LogP contribution in [0.2, 0.25) is 0 Å². The second kappa shape index (κ2) is 12.5. The smallest absolute Gasteiger partial charge is 0.123 e. The molecule has 5 aromatic rings. The maximum Gasteiger partial charge on any atom is 0.123 e. The maximum absolute atomic E-state index is 9.75. The summed E-state index contributed by atoms with van der Waals surface area (Å²) in [7, 11) is 4.72. The lowest BCUT2D eigenvalue weighted by Crippen LogP contribution is -1.99. The number of nitriles is 4. The zero-order valence-corrected chi connectivity index (χ0v) is 24.0. The van der Waals surface area contributed by atoms with Crippen molar-refractivity contribution >= 4 is 0 Å². The van der Waals surface area contributed by atoms with Gasteiger partial charge >= 0.3 is 0 Å². The Morgan fingerprint density at radius 3 is 1.36 bits per heavy atom. The Bertz CT molecular complexity index is 2010. The molecule has 8 nitrogen and oxygen atoms in total. The van der Waals surface area contributed by atoms with Gasteiger partial charge in [-0.2, -0.15) is 21.0 Å². The van der Waals surface area contributed by atoms with Crippen molar-refractivity contribution in [2.45, 2.75) is 0 Å². The number of hydrogen-bond acceptors (Lipinski definition) is 8. The van der Waals surface area contributed by atoms with Gasteiger partial charge < -0.3 is 14.2 Å². The highest BCUT2D eigenvalue weighted by Gasteiger charge is 2.21. The van der Waals surface area contributed by atoms with Crippen LogP contribution in [0, 0.1) is 45.3 Å². The van der Waals surface area contributed by atoms with Gasteiger partial charge in [0.25, 0.3) is 0 Å². The van der Waals surface area contributed by atoms with E-state index in [1.807, 2.05) is 42.5 Å². The van der Waals surface area contributed by atoms with Gasteiger partial charge in [-0.3, -0.25) is 0 Å². The summed E-state index contributed by atoms with van der Waals surface area (Å²) >= 11 is 0. The normalized spacial score (nSPS) is 10.1. The van der Waals surface area contributed by atoms with Crippen molar-refractivity contribution < 1.29 is 14.2 Å². The molecule has 0 bridgehead atoms. The summed E-state index contributed by atoms with van der Waals surface area (Å²) in [5.74, 6) is 1.75. The van der Waals surface area contributed by atoms with Gasteiger partial charge in [0.1, 0.15) is 17.2 Å². The third-order valence-corrected chi connectivity index (χ3v) is 7.00. The Balaban J connectivity index is 1.96. The van der Waals surface area contributed by atoms with Crippen LogP contribution in [-0.4, -0.2) is 26.3 Å². The molecule has 0 N–H and O–H groups in total. The second-order valence-corrected chi connectivity index (χ2v) is 9.66. The summed E-state index contributed by atoms with van der Waals surface area (Å²) < 4.78 is 16.6. The molecule has 8 heteroatoms. The predicted molar refractivity (Wildman–Crippen MR) is 164 cm³/mol. The van der Waals surface area contributed by atoms with E-state index in [-0.39, 0.29) is 11.1 Å². The summed E-state index contributed by atoms with van der Waals surface area (Å²) in [4.78, 5) is 5.20. The molecule has 0 aliphatic rings. The van der Waals surface area contributed by atoms with Gasteiger partial charge in [-0.15, -0.1) is 0 Å². The summed E-state index contributed by atoms with van der Waals surface area (Å²) in [6.07, 6.45) is 0. The average molecular weight is 574 g/mol. The van der Waals surface area contributed by atoms with E-state index in [2.05, 4.69) is 24.3 Å². The number of hydrogen-bond donors (Lipinski definition) is 0. The van der Waals surface area contributed by atoms with E-state index in [9.17, 15) is 21.0 Å². The molecule has 0 aliphatic carbocycles. The van der Waals surface area contributed by atoms with E-state index in [0.29, 0.717) is 62.0 Å². The van der Waals surface area contributed by atoms with Crippen molar-refractivity contribution in [2.24, 2.45) is 0 Å². The van der Waals surface area contributed by atoms with Crippen molar-refractivity contribution in [1.29, 1.82) is 21.0 Å². The summed E-state index contributed by atoms with van der Waals surface area (Å²) in [5, 5.41) is 39.0. The summed E-state index contributed by atoms with van der Waals surface area (Å²) in [6, 6.07) is 33.1. The fourth-order valence-corrected chi connectivity index (χ4v) is 4.93. The number of nitrogens with zero attached hydrogens (tertiary/aromatic N) is 5. The van der Waals surface area contributed by atoms with Crippen LogP contribution < -0.4 is 14.2 Å². The summed E-state index contributed by atoms with van der Waals surface area (Å²) in [5.41, 5.74) is 6.07. The maximum atomic E-state index is 9.75. The topological polar surface area (TPSA) is 136 Å². The van der Waals surface area contributed by atoms with Gasteiger partial charge in [-0.1, -0.05) is 12.1 Å². The number of benzene rings is 4. The van der Waals surface area contributed by atoms with Crippen LogP contribution in [0.3, 0.4) is 0 Å². The molecule has 0 saturated carbocycles. The van der Waals surface area contributed by atoms with Gasteiger partial charge in [-0.25, -0.2) is 4.98 Å². The fraction of sp³-hybridized carbons (Fsp3) is 0.0833. The van der Waals surface area contributed by atoms with Crippen LogP contribution in [0.4, 0.5) is 0 Å². The van der Waals surface area contributed by atoms with E-state index in [4.69, 9.17) is 19.2 Å². The van der Waals surface area contributed by atoms with Crippen molar-refractivity contribution in [3.8, 4) is 86.3 Å². The SMILES string of the molecule is COc1cccc(-c2cc(-c3cc(C#N)cc(C#N)c3)c(-c3cc(C#N)cc(C#N)c3)nc2-c2cc(OC)cc(OC)c2)c1. The number of ether oxygens (including phenoxy) is 3. The lowest BCUT2D eigenvalue weighted by atomic mass is 9.90. The number of aromatic nitrogens is 1. The minimum absolute atomic E-state index is 0.289. The fourth-order valence-electron chi connectivity index (χ4n) is 4.93. The van der Waals surface area contributed by atoms with Crippen molar-refractivity contribution in [3.63, 3.8) is 0 Å². The lowest BCUT2D eigenvalue weighted by molar-refractivity contribution is 0.394. The molecule has 0 aliphatic heterocycles. The largest absolute Gasteiger partial charge is 0.497 e. The molecule has 210 valence electrons. The lowest BCUT2D eigenvalue weighted by Gasteiger charge is -2.19. The van der Waals surface area contributed by atoms with E-state index in [1.165, 1.54) is 12.1 Å². The Hall–Kier alpha value is -6.61. The number of pyridine rings is 1. The molecule has 0 spiro atoms. The molecule has 5 rings (SSSR count). The molecule has 0 fully saturated rings. The van der Waals surface area contributed by atoms with Crippen molar-refractivity contribution in [3.05, 3.63) is 107 Å². The first-order valence-electron chi connectivity index (χ1n) is 13.3. The molecule has 44 heavy (non-hydrogen) atoms. The van der Waals surface area contributed by atoms with Gasteiger partial charge in [-0.05, 0) is 77.9 Å². The third-order valence-electron chi connectivity index (χ3n) is 7.00. The Morgan fingerprint density at radius 1 is 0.455 bits per heavy atom. The number of methoxy groups -OCH3 is 3. The van der Waals surface area contributed by atoms with Gasteiger partial charge in [0, 0.05) is 28.3 Å². The van der Waals surface area contributed by atoms with Crippen LogP contribution in [0.1, 0.15) is 22.3 Å². The molecule has 4 aromatic carbocycles.